The molecule has 0 heterocycles. The Balaban J connectivity index is 4.73. The second kappa shape index (κ2) is 6.44. The van der Waals surface area contributed by atoms with Crippen molar-refractivity contribution in [2.24, 2.45) is 5.92 Å². The minimum atomic E-state index is -1.10. The number of carbonyl (C=O) groups excluding carboxylic acids is 2. The van der Waals surface area contributed by atoms with Gasteiger partial charge in [-0.05, 0) is 6.92 Å². The maximum Gasteiger partial charge on any atom is 0.331 e. The van der Waals surface area contributed by atoms with Gasteiger partial charge in [-0.1, -0.05) is 5.92 Å². The maximum atomic E-state index is 11.4. The maximum absolute atomic E-state index is 11.4. The summed E-state index contributed by atoms with van der Waals surface area (Å²) in [7, 11) is 0. The number of carbonyl (C=O) groups is 2. The lowest BCUT2D eigenvalue weighted by molar-refractivity contribution is -0.147. The highest BCUT2D eigenvalue weighted by Gasteiger charge is 2.29. The second-order valence-electron chi connectivity index (χ2n) is 2.70. The number of ether oxygens (including phenoxy) is 1. The number of amides is 1. The van der Waals surface area contributed by atoms with E-state index in [-0.39, 0.29) is 6.61 Å². The van der Waals surface area contributed by atoms with E-state index in [4.69, 9.17) is 11.7 Å². The van der Waals surface area contributed by atoms with Crippen molar-refractivity contribution in [1.29, 1.82) is 5.26 Å². The number of rotatable bonds is 4. The van der Waals surface area contributed by atoms with Crippen LogP contribution in [-0.2, 0) is 14.3 Å². The number of esters is 1. The predicted molar refractivity (Wildman–Crippen MR) is 52.2 cm³/mol. The average molecular weight is 208 g/mol. The summed E-state index contributed by atoms with van der Waals surface area (Å²) in [5, 5.41) is 11.0. The molecule has 0 aliphatic carbocycles. The smallest absolute Gasteiger partial charge is 0.331 e. The molecule has 2 atom stereocenters. The molecule has 5 nitrogen and oxygen atoms in total. The van der Waals surface area contributed by atoms with Gasteiger partial charge in [0.25, 0.3) is 0 Å². The molecule has 0 aromatic rings. The van der Waals surface area contributed by atoms with E-state index in [0.717, 1.165) is 0 Å². The van der Waals surface area contributed by atoms with E-state index in [9.17, 15) is 9.59 Å². The largest absolute Gasteiger partial charge is 0.464 e. The zero-order chi connectivity index (χ0) is 11.8. The van der Waals surface area contributed by atoms with Gasteiger partial charge in [-0.15, -0.1) is 6.42 Å². The normalized spacial score (nSPS) is 12.8. The quantitative estimate of drug-likeness (QED) is 0.513. The first-order valence-electron chi connectivity index (χ1n) is 4.36. The molecular weight excluding hydrogens is 196 g/mol. The summed E-state index contributed by atoms with van der Waals surface area (Å²) in [6.07, 6.45) is 5.06. The van der Waals surface area contributed by atoms with Gasteiger partial charge >= 0.3 is 5.97 Å². The van der Waals surface area contributed by atoms with Gasteiger partial charge in [-0.2, -0.15) is 5.26 Å². The first-order chi connectivity index (χ1) is 7.06. The van der Waals surface area contributed by atoms with Crippen molar-refractivity contribution in [2.45, 2.75) is 19.9 Å². The molecule has 0 rings (SSSR count). The van der Waals surface area contributed by atoms with E-state index in [1.165, 1.54) is 6.92 Å². The van der Waals surface area contributed by atoms with Crippen LogP contribution in [0.1, 0.15) is 13.8 Å². The van der Waals surface area contributed by atoms with Crippen molar-refractivity contribution in [3.63, 3.8) is 0 Å². The summed E-state index contributed by atoms with van der Waals surface area (Å²) in [4.78, 5) is 22.2. The molecule has 0 aromatic carbocycles. The first kappa shape index (κ1) is 13.0. The van der Waals surface area contributed by atoms with E-state index < -0.39 is 23.8 Å². The van der Waals surface area contributed by atoms with Crippen LogP contribution in [0.4, 0.5) is 0 Å². The Hall–Kier alpha value is -2.01. The zero-order valence-electron chi connectivity index (χ0n) is 8.61. The van der Waals surface area contributed by atoms with E-state index in [1.54, 1.807) is 13.0 Å². The van der Waals surface area contributed by atoms with E-state index in [0.29, 0.717) is 0 Å². The molecule has 15 heavy (non-hydrogen) atoms. The Morgan fingerprint density at radius 1 is 1.60 bits per heavy atom. The van der Waals surface area contributed by atoms with Gasteiger partial charge in [0.15, 0.2) is 6.04 Å². The SMILES string of the molecule is C#C[C@@H](C#N)[C@H](NC(C)=O)C(=O)OCC. The zero-order valence-corrected chi connectivity index (χ0v) is 8.61. The van der Waals surface area contributed by atoms with Crippen LogP contribution >= 0.6 is 0 Å². The van der Waals surface area contributed by atoms with Gasteiger partial charge in [0, 0.05) is 6.92 Å². The number of terminal acetylenes is 1. The van der Waals surface area contributed by atoms with Crippen molar-refractivity contribution in [3.8, 4) is 18.4 Å². The first-order valence-corrected chi connectivity index (χ1v) is 4.36. The molecule has 1 N–H and O–H groups in total. The molecule has 0 saturated carbocycles. The highest BCUT2D eigenvalue weighted by molar-refractivity contribution is 5.84. The number of hydrogen-bond acceptors (Lipinski definition) is 4. The van der Waals surface area contributed by atoms with Crippen molar-refractivity contribution in [1.82, 2.24) is 5.32 Å². The Bertz CT molecular complexity index is 311. The van der Waals surface area contributed by atoms with Gasteiger partial charge in [0.1, 0.15) is 5.92 Å². The Morgan fingerprint density at radius 3 is 2.53 bits per heavy atom. The molecule has 0 bridgehead atoms. The van der Waals surface area contributed by atoms with Gasteiger partial charge < -0.3 is 10.1 Å². The van der Waals surface area contributed by atoms with Crippen molar-refractivity contribution < 1.29 is 14.3 Å². The minimum absolute atomic E-state index is 0.164. The van der Waals surface area contributed by atoms with Gasteiger partial charge in [-0.25, -0.2) is 4.79 Å². The fourth-order valence-corrected chi connectivity index (χ4v) is 0.937. The summed E-state index contributed by atoms with van der Waals surface area (Å²) in [5.74, 6) is -0.0388. The summed E-state index contributed by atoms with van der Waals surface area (Å²) < 4.78 is 4.69. The van der Waals surface area contributed by atoms with E-state index in [1.807, 2.05) is 0 Å². The summed E-state index contributed by atoms with van der Waals surface area (Å²) in [6.45, 7) is 3.02. The van der Waals surface area contributed by atoms with Crippen LogP contribution in [0.5, 0.6) is 0 Å². The molecule has 0 fully saturated rings. The molecule has 0 aliphatic heterocycles. The number of nitrogens with zero attached hydrogens (tertiary/aromatic N) is 1. The molecule has 0 saturated heterocycles. The van der Waals surface area contributed by atoms with E-state index in [2.05, 4.69) is 16.0 Å². The van der Waals surface area contributed by atoms with Crippen LogP contribution in [0.15, 0.2) is 0 Å². The number of nitrogens with one attached hydrogen (secondary N) is 1. The molecule has 0 spiro atoms. The molecule has 1 amide bonds. The standard InChI is InChI=1S/C10H12N2O3/c1-4-8(6-11)9(12-7(3)13)10(14)15-5-2/h1,8-9H,5H2,2-3H3,(H,12,13)/t8-,9-/m0/s1. The topological polar surface area (TPSA) is 79.2 Å². The fourth-order valence-electron chi connectivity index (χ4n) is 0.937. The van der Waals surface area contributed by atoms with Crippen molar-refractivity contribution >= 4 is 11.9 Å². The van der Waals surface area contributed by atoms with Gasteiger partial charge in [-0.3, -0.25) is 4.79 Å². The van der Waals surface area contributed by atoms with Crippen molar-refractivity contribution in [2.75, 3.05) is 6.61 Å². The molecule has 5 heteroatoms. The Kier molecular flexibility index (Phi) is 5.58. The lowest BCUT2D eigenvalue weighted by Gasteiger charge is -2.17. The minimum Gasteiger partial charge on any atom is -0.464 e. The Labute approximate surface area is 88.4 Å². The van der Waals surface area contributed by atoms with Crippen LogP contribution in [-0.4, -0.2) is 24.5 Å². The van der Waals surface area contributed by atoms with Crippen LogP contribution in [0, 0.1) is 29.6 Å². The van der Waals surface area contributed by atoms with E-state index >= 15 is 0 Å². The second-order valence-corrected chi connectivity index (χ2v) is 2.70. The van der Waals surface area contributed by atoms with Crippen molar-refractivity contribution in [3.05, 3.63) is 0 Å². The van der Waals surface area contributed by atoms with Crippen LogP contribution in [0.3, 0.4) is 0 Å². The third-order valence-electron chi connectivity index (χ3n) is 1.55. The molecule has 0 radical (unpaired) electrons. The van der Waals surface area contributed by atoms with Crippen LogP contribution in [0.2, 0.25) is 0 Å². The lowest BCUT2D eigenvalue weighted by Crippen LogP contribution is -2.45. The van der Waals surface area contributed by atoms with Gasteiger partial charge in [0.2, 0.25) is 5.91 Å². The summed E-state index contributed by atoms with van der Waals surface area (Å²) >= 11 is 0. The molecule has 0 unspecified atom stereocenters. The molecule has 0 aliphatic rings. The number of nitriles is 1. The Morgan fingerprint density at radius 2 is 2.20 bits per heavy atom. The third kappa shape index (κ3) is 4.15. The van der Waals surface area contributed by atoms with Crippen LogP contribution in [0.25, 0.3) is 0 Å². The fraction of sp³-hybridized carbons (Fsp3) is 0.500. The molecular formula is C10H12N2O3. The number of hydrogen-bond donors (Lipinski definition) is 1. The average Bonchev–Trinajstić information content (AvgIpc) is 2.18. The molecule has 0 aromatic heterocycles. The monoisotopic (exact) mass is 208 g/mol. The molecule has 80 valence electrons. The van der Waals surface area contributed by atoms with Crippen LogP contribution < -0.4 is 5.32 Å². The highest BCUT2D eigenvalue weighted by atomic mass is 16.5. The lowest BCUT2D eigenvalue weighted by atomic mass is 10.0. The summed E-state index contributed by atoms with van der Waals surface area (Å²) in [5.41, 5.74) is 0. The highest BCUT2D eigenvalue weighted by Crippen LogP contribution is 2.04. The summed E-state index contributed by atoms with van der Waals surface area (Å²) in [6, 6.07) is 0.645. The third-order valence-corrected chi connectivity index (χ3v) is 1.55. The predicted octanol–water partition coefficient (Wildman–Crippen LogP) is -0.173. The van der Waals surface area contributed by atoms with Gasteiger partial charge in [0.05, 0.1) is 12.7 Å².